The van der Waals surface area contributed by atoms with Crippen molar-refractivity contribution >= 4 is 29.9 Å². The standard InChI is InChI=1S/C10H9N5S/c11-9-8(6-14-10(16)15-9)13-5-7-1-3-12-4-2-7/h1-6H,(H3,11,14,15,16). The van der Waals surface area contributed by atoms with Gasteiger partial charge in [-0.05, 0) is 29.9 Å². The van der Waals surface area contributed by atoms with E-state index in [9.17, 15) is 0 Å². The smallest absolute Gasteiger partial charge is 0.198 e. The van der Waals surface area contributed by atoms with Gasteiger partial charge in [0.25, 0.3) is 0 Å². The van der Waals surface area contributed by atoms with Gasteiger partial charge in [0.2, 0.25) is 0 Å². The minimum atomic E-state index is 0.348. The van der Waals surface area contributed by atoms with E-state index in [-0.39, 0.29) is 0 Å². The number of H-pyrrole nitrogens is 1. The predicted molar refractivity (Wildman–Crippen MR) is 65.3 cm³/mol. The molecule has 5 nitrogen and oxygen atoms in total. The molecule has 3 N–H and O–H groups in total. The van der Waals surface area contributed by atoms with Crippen LogP contribution in [0.25, 0.3) is 0 Å². The van der Waals surface area contributed by atoms with Gasteiger partial charge in [-0.25, -0.2) is 4.98 Å². The van der Waals surface area contributed by atoms with Crippen LogP contribution < -0.4 is 5.73 Å². The average molecular weight is 231 g/mol. The zero-order valence-electron chi connectivity index (χ0n) is 8.29. The SMILES string of the molecule is Nc1[nH]c(=S)ncc1N=Cc1ccncc1. The lowest BCUT2D eigenvalue weighted by Crippen LogP contribution is -1.92. The molecule has 0 atom stereocenters. The van der Waals surface area contributed by atoms with Crippen LogP contribution in [-0.4, -0.2) is 21.2 Å². The lowest BCUT2D eigenvalue weighted by Gasteiger charge is -1.98. The van der Waals surface area contributed by atoms with E-state index in [1.54, 1.807) is 18.6 Å². The maximum Gasteiger partial charge on any atom is 0.198 e. The third kappa shape index (κ3) is 2.48. The Morgan fingerprint density at radius 1 is 1.38 bits per heavy atom. The number of nitrogens with two attached hydrogens (primary N) is 1. The molecule has 0 aliphatic rings. The van der Waals surface area contributed by atoms with E-state index in [0.717, 1.165) is 5.56 Å². The summed E-state index contributed by atoms with van der Waals surface area (Å²) in [4.78, 5) is 14.7. The monoisotopic (exact) mass is 231 g/mol. The Morgan fingerprint density at radius 2 is 2.12 bits per heavy atom. The van der Waals surface area contributed by atoms with E-state index in [0.29, 0.717) is 16.3 Å². The zero-order chi connectivity index (χ0) is 11.4. The van der Waals surface area contributed by atoms with Gasteiger partial charge in [0.05, 0.1) is 6.20 Å². The molecule has 0 spiro atoms. The van der Waals surface area contributed by atoms with Gasteiger partial charge in [-0.15, -0.1) is 0 Å². The van der Waals surface area contributed by atoms with Crippen molar-refractivity contribution in [2.45, 2.75) is 0 Å². The van der Waals surface area contributed by atoms with E-state index in [1.807, 2.05) is 12.1 Å². The molecule has 2 heterocycles. The summed E-state index contributed by atoms with van der Waals surface area (Å²) in [6.07, 6.45) is 6.61. The van der Waals surface area contributed by atoms with Crippen molar-refractivity contribution in [2.24, 2.45) is 4.99 Å². The summed E-state index contributed by atoms with van der Waals surface area (Å²) < 4.78 is 0.348. The fraction of sp³-hybridized carbons (Fsp3) is 0. The molecule has 0 aliphatic carbocycles. The number of hydrogen-bond acceptors (Lipinski definition) is 5. The second kappa shape index (κ2) is 4.63. The van der Waals surface area contributed by atoms with E-state index in [1.165, 1.54) is 6.20 Å². The van der Waals surface area contributed by atoms with Crippen LogP contribution >= 0.6 is 12.2 Å². The van der Waals surface area contributed by atoms with Crippen LogP contribution in [0.3, 0.4) is 0 Å². The number of rotatable bonds is 2. The molecular weight excluding hydrogens is 222 g/mol. The fourth-order valence-corrected chi connectivity index (χ4v) is 1.26. The van der Waals surface area contributed by atoms with Crippen LogP contribution in [0.4, 0.5) is 11.5 Å². The largest absolute Gasteiger partial charge is 0.383 e. The molecule has 0 aliphatic heterocycles. The lowest BCUT2D eigenvalue weighted by molar-refractivity contribution is 1.14. The topological polar surface area (TPSA) is 80.0 Å². The summed E-state index contributed by atoms with van der Waals surface area (Å²) in [6.45, 7) is 0. The van der Waals surface area contributed by atoms with Gasteiger partial charge in [0, 0.05) is 18.6 Å². The van der Waals surface area contributed by atoms with E-state index >= 15 is 0 Å². The van der Waals surface area contributed by atoms with Gasteiger partial charge in [-0.3, -0.25) is 9.98 Å². The van der Waals surface area contributed by atoms with Crippen LogP contribution in [0.15, 0.2) is 35.7 Å². The maximum atomic E-state index is 5.70. The number of nitrogen functional groups attached to an aromatic ring is 1. The molecule has 16 heavy (non-hydrogen) atoms. The van der Waals surface area contributed by atoms with Crippen molar-refractivity contribution in [1.29, 1.82) is 0 Å². The van der Waals surface area contributed by atoms with Crippen LogP contribution in [0.5, 0.6) is 0 Å². The zero-order valence-corrected chi connectivity index (χ0v) is 9.11. The van der Waals surface area contributed by atoms with Crippen LogP contribution in [-0.2, 0) is 0 Å². The van der Waals surface area contributed by atoms with Crippen LogP contribution in [0.1, 0.15) is 5.56 Å². The first-order chi connectivity index (χ1) is 7.75. The fourth-order valence-electron chi connectivity index (χ4n) is 1.10. The van der Waals surface area contributed by atoms with Crippen molar-refractivity contribution in [2.75, 3.05) is 5.73 Å². The summed E-state index contributed by atoms with van der Waals surface area (Å²) >= 11 is 4.83. The molecule has 0 bridgehead atoms. The number of nitrogens with zero attached hydrogens (tertiary/aromatic N) is 3. The van der Waals surface area contributed by atoms with Crippen molar-refractivity contribution in [3.8, 4) is 0 Å². The first-order valence-electron chi connectivity index (χ1n) is 4.54. The number of aliphatic imine (C=N–C) groups is 1. The first kappa shape index (κ1) is 10.4. The lowest BCUT2D eigenvalue weighted by atomic mass is 10.3. The van der Waals surface area contributed by atoms with Gasteiger partial charge < -0.3 is 10.7 Å². The highest BCUT2D eigenvalue weighted by Crippen LogP contribution is 2.16. The predicted octanol–water partition coefficient (Wildman–Crippen LogP) is 1.87. The maximum absolute atomic E-state index is 5.70. The second-order valence-corrected chi connectivity index (χ2v) is 3.41. The molecule has 0 saturated heterocycles. The van der Waals surface area contributed by atoms with Gasteiger partial charge in [-0.1, -0.05) is 0 Å². The van der Waals surface area contributed by atoms with E-state index in [4.69, 9.17) is 18.0 Å². The number of anilines is 1. The molecule has 0 radical (unpaired) electrons. The Hall–Kier alpha value is -2.08. The molecule has 0 unspecified atom stereocenters. The summed E-state index contributed by atoms with van der Waals surface area (Å²) in [6, 6.07) is 3.69. The molecule has 0 aromatic carbocycles. The molecule has 80 valence electrons. The number of pyridine rings is 1. The molecule has 2 rings (SSSR count). The molecule has 2 aromatic rings. The number of nitrogens with one attached hydrogen (secondary N) is 1. The minimum absolute atomic E-state index is 0.348. The van der Waals surface area contributed by atoms with Gasteiger partial charge in [-0.2, -0.15) is 0 Å². The molecule has 0 saturated carbocycles. The molecule has 6 heteroatoms. The van der Waals surface area contributed by atoms with Crippen molar-refractivity contribution in [3.63, 3.8) is 0 Å². The number of aromatic amines is 1. The summed E-state index contributed by atoms with van der Waals surface area (Å²) in [7, 11) is 0. The Morgan fingerprint density at radius 3 is 2.81 bits per heavy atom. The summed E-state index contributed by atoms with van der Waals surface area (Å²) in [5.41, 5.74) is 7.20. The van der Waals surface area contributed by atoms with Gasteiger partial charge in [0.1, 0.15) is 11.5 Å². The Labute approximate surface area is 97.1 Å². The summed E-state index contributed by atoms with van der Waals surface area (Å²) in [5.74, 6) is 0.408. The third-order valence-corrected chi connectivity index (χ3v) is 2.09. The Bertz CT molecular complexity index is 561. The minimum Gasteiger partial charge on any atom is -0.383 e. The quantitative estimate of drug-likeness (QED) is 0.610. The Kier molecular flexibility index (Phi) is 3.02. The van der Waals surface area contributed by atoms with Crippen molar-refractivity contribution in [1.82, 2.24) is 15.0 Å². The third-order valence-electron chi connectivity index (χ3n) is 1.88. The second-order valence-electron chi connectivity index (χ2n) is 3.03. The highest BCUT2D eigenvalue weighted by atomic mass is 32.1. The number of aromatic nitrogens is 3. The van der Waals surface area contributed by atoms with Crippen molar-refractivity contribution in [3.05, 3.63) is 41.1 Å². The van der Waals surface area contributed by atoms with Gasteiger partial charge in [0.15, 0.2) is 4.77 Å². The highest BCUT2D eigenvalue weighted by molar-refractivity contribution is 7.71. The summed E-state index contributed by atoms with van der Waals surface area (Å²) in [5, 5.41) is 0. The molecule has 2 aromatic heterocycles. The van der Waals surface area contributed by atoms with E-state index in [2.05, 4.69) is 19.9 Å². The van der Waals surface area contributed by atoms with Crippen molar-refractivity contribution < 1.29 is 0 Å². The molecular formula is C10H9N5S. The first-order valence-corrected chi connectivity index (χ1v) is 4.95. The Balaban J connectivity index is 2.28. The van der Waals surface area contributed by atoms with E-state index < -0.39 is 0 Å². The van der Waals surface area contributed by atoms with Crippen LogP contribution in [0.2, 0.25) is 0 Å². The van der Waals surface area contributed by atoms with Gasteiger partial charge >= 0.3 is 0 Å². The molecule has 0 fully saturated rings. The van der Waals surface area contributed by atoms with Crippen LogP contribution in [0, 0.1) is 4.77 Å². The highest BCUT2D eigenvalue weighted by Gasteiger charge is 1.95. The average Bonchev–Trinajstić information content (AvgIpc) is 2.29. The normalized spacial score (nSPS) is 10.8. The molecule has 0 amide bonds. The number of hydrogen-bond donors (Lipinski definition) is 2.